The van der Waals surface area contributed by atoms with Crippen LogP contribution in [0.2, 0.25) is 0 Å². The van der Waals surface area contributed by atoms with Crippen molar-refractivity contribution in [1.29, 1.82) is 0 Å². The van der Waals surface area contributed by atoms with Crippen molar-refractivity contribution < 1.29 is 9.53 Å². The second-order valence-electron chi connectivity index (χ2n) is 5.61. The number of ether oxygens (including phenoxy) is 1. The summed E-state index contributed by atoms with van der Waals surface area (Å²) in [6.45, 7) is 11.9. The Hall–Kier alpha value is -0.790. The number of rotatable bonds is 3. The van der Waals surface area contributed by atoms with Crippen molar-refractivity contribution in [1.82, 2.24) is 0 Å². The first-order valence-corrected chi connectivity index (χ1v) is 6.23. The molecule has 0 aromatic carbocycles. The fourth-order valence-electron chi connectivity index (χ4n) is 2.72. The van der Waals surface area contributed by atoms with Crippen molar-refractivity contribution in [3.05, 3.63) is 12.2 Å². The minimum Gasteiger partial charge on any atom is -0.455 e. The highest BCUT2D eigenvalue weighted by atomic mass is 16.6. The van der Waals surface area contributed by atoms with Crippen molar-refractivity contribution in [3.63, 3.8) is 0 Å². The van der Waals surface area contributed by atoms with E-state index < -0.39 is 0 Å². The molecule has 2 nitrogen and oxygen atoms in total. The van der Waals surface area contributed by atoms with E-state index in [9.17, 15) is 4.79 Å². The Bertz CT molecular complexity index is 291. The highest BCUT2D eigenvalue weighted by Crippen LogP contribution is 2.48. The lowest BCUT2D eigenvalue weighted by molar-refractivity contribution is -0.178. The van der Waals surface area contributed by atoms with Gasteiger partial charge < -0.3 is 4.74 Å². The topological polar surface area (TPSA) is 26.3 Å². The van der Waals surface area contributed by atoms with E-state index in [2.05, 4.69) is 27.4 Å². The van der Waals surface area contributed by atoms with Gasteiger partial charge in [0.05, 0.1) is 0 Å². The molecule has 1 saturated carbocycles. The Morgan fingerprint density at radius 2 is 1.88 bits per heavy atom. The number of carbonyl (C=O) groups is 1. The average molecular weight is 224 g/mol. The van der Waals surface area contributed by atoms with E-state index in [1.54, 1.807) is 6.92 Å². The zero-order valence-corrected chi connectivity index (χ0v) is 11.1. The van der Waals surface area contributed by atoms with Crippen molar-refractivity contribution >= 4 is 5.97 Å². The summed E-state index contributed by atoms with van der Waals surface area (Å²) in [4.78, 5) is 11.7. The fraction of sp³-hybridized carbons (Fsp3) is 0.786. The molecule has 0 spiro atoms. The molecule has 1 rings (SSSR count). The normalized spacial score (nSPS) is 28.5. The largest absolute Gasteiger partial charge is 0.455 e. The molecule has 0 heterocycles. The Balaban J connectivity index is 2.90. The van der Waals surface area contributed by atoms with E-state index in [4.69, 9.17) is 4.74 Å². The molecule has 1 unspecified atom stereocenters. The zero-order valence-electron chi connectivity index (χ0n) is 11.1. The Kier molecular flexibility index (Phi) is 3.82. The molecule has 0 N–H and O–H groups in total. The summed E-state index contributed by atoms with van der Waals surface area (Å²) < 4.78 is 5.77. The maximum atomic E-state index is 11.7. The van der Waals surface area contributed by atoms with E-state index in [0.29, 0.717) is 5.57 Å². The number of hydrogen-bond acceptors (Lipinski definition) is 2. The first kappa shape index (κ1) is 13.3. The monoisotopic (exact) mass is 224 g/mol. The molecular formula is C14H24O2. The SMILES string of the molecule is C=C(C)C(=O)OC1(CC)CCCCC1(C)C. The molecule has 0 saturated heterocycles. The van der Waals surface area contributed by atoms with E-state index in [1.165, 1.54) is 6.42 Å². The summed E-state index contributed by atoms with van der Waals surface area (Å²) in [5, 5.41) is 0. The highest BCUT2D eigenvalue weighted by molar-refractivity contribution is 5.87. The maximum absolute atomic E-state index is 11.7. The second-order valence-corrected chi connectivity index (χ2v) is 5.61. The van der Waals surface area contributed by atoms with Crippen LogP contribution in [0, 0.1) is 5.41 Å². The first-order valence-electron chi connectivity index (χ1n) is 6.23. The van der Waals surface area contributed by atoms with E-state index >= 15 is 0 Å². The molecule has 2 heteroatoms. The Labute approximate surface area is 99.1 Å². The van der Waals surface area contributed by atoms with Crippen LogP contribution in [-0.2, 0) is 9.53 Å². The molecule has 1 aliphatic carbocycles. The van der Waals surface area contributed by atoms with Gasteiger partial charge in [-0.05, 0) is 32.6 Å². The number of hydrogen-bond donors (Lipinski definition) is 0. The lowest BCUT2D eigenvalue weighted by atomic mass is 9.64. The lowest BCUT2D eigenvalue weighted by Gasteiger charge is -2.49. The van der Waals surface area contributed by atoms with Crippen molar-refractivity contribution in [2.45, 2.75) is 65.4 Å². The van der Waals surface area contributed by atoms with Gasteiger partial charge in [-0.1, -0.05) is 33.8 Å². The van der Waals surface area contributed by atoms with Gasteiger partial charge in [-0.2, -0.15) is 0 Å². The summed E-state index contributed by atoms with van der Waals surface area (Å²) in [5.74, 6) is -0.239. The minimum absolute atomic E-state index is 0.0745. The van der Waals surface area contributed by atoms with Crippen LogP contribution >= 0.6 is 0 Å². The third-order valence-electron chi connectivity index (χ3n) is 4.07. The standard InChI is InChI=1S/C14H24O2/c1-6-14(16-12(15)11(2)3)10-8-7-9-13(14,4)5/h2,6-10H2,1,3-5H3. The Morgan fingerprint density at radius 1 is 1.31 bits per heavy atom. The molecule has 0 aromatic heterocycles. The van der Waals surface area contributed by atoms with Crippen molar-refractivity contribution in [3.8, 4) is 0 Å². The van der Waals surface area contributed by atoms with Gasteiger partial charge in [-0.25, -0.2) is 4.79 Å². The third-order valence-corrected chi connectivity index (χ3v) is 4.07. The molecule has 0 bridgehead atoms. The van der Waals surface area contributed by atoms with Crippen molar-refractivity contribution in [2.24, 2.45) is 5.41 Å². The van der Waals surface area contributed by atoms with Gasteiger partial charge in [0.2, 0.25) is 0 Å². The maximum Gasteiger partial charge on any atom is 0.333 e. The summed E-state index contributed by atoms with van der Waals surface area (Å²) in [7, 11) is 0. The molecular weight excluding hydrogens is 200 g/mol. The first-order chi connectivity index (χ1) is 7.34. The van der Waals surface area contributed by atoms with Gasteiger partial charge >= 0.3 is 5.97 Å². The average Bonchev–Trinajstić information content (AvgIpc) is 2.20. The van der Waals surface area contributed by atoms with E-state index in [1.807, 2.05) is 0 Å². The van der Waals surface area contributed by atoms with Gasteiger partial charge in [0.25, 0.3) is 0 Å². The van der Waals surface area contributed by atoms with Crippen LogP contribution in [0.5, 0.6) is 0 Å². The molecule has 1 fully saturated rings. The predicted molar refractivity (Wildman–Crippen MR) is 66.2 cm³/mol. The van der Waals surface area contributed by atoms with Gasteiger partial charge in [0, 0.05) is 11.0 Å². The molecule has 1 atom stereocenters. The molecule has 0 aliphatic heterocycles. The van der Waals surface area contributed by atoms with Crippen LogP contribution in [0.1, 0.15) is 59.8 Å². The van der Waals surface area contributed by atoms with E-state index in [-0.39, 0.29) is 17.0 Å². The second kappa shape index (κ2) is 4.60. The van der Waals surface area contributed by atoms with Crippen LogP contribution in [0.15, 0.2) is 12.2 Å². The Morgan fingerprint density at radius 3 is 2.31 bits per heavy atom. The minimum atomic E-state index is -0.290. The smallest absolute Gasteiger partial charge is 0.333 e. The summed E-state index contributed by atoms with van der Waals surface area (Å²) in [5.41, 5.74) is 0.279. The summed E-state index contributed by atoms with van der Waals surface area (Å²) in [6.07, 6.45) is 5.39. The molecule has 1 aliphatic rings. The van der Waals surface area contributed by atoms with Crippen LogP contribution in [0.4, 0.5) is 0 Å². The molecule has 0 aromatic rings. The number of carbonyl (C=O) groups excluding carboxylic acids is 1. The van der Waals surface area contributed by atoms with Crippen LogP contribution < -0.4 is 0 Å². The van der Waals surface area contributed by atoms with Crippen LogP contribution in [-0.4, -0.2) is 11.6 Å². The van der Waals surface area contributed by atoms with Crippen LogP contribution in [0.25, 0.3) is 0 Å². The van der Waals surface area contributed by atoms with Gasteiger partial charge in [-0.15, -0.1) is 0 Å². The lowest BCUT2D eigenvalue weighted by Crippen LogP contribution is -2.50. The predicted octanol–water partition coefficient (Wildman–Crippen LogP) is 3.85. The zero-order chi connectivity index (χ0) is 12.4. The van der Waals surface area contributed by atoms with Crippen LogP contribution in [0.3, 0.4) is 0 Å². The third kappa shape index (κ3) is 2.31. The fourth-order valence-corrected chi connectivity index (χ4v) is 2.72. The van der Waals surface area contributed by atoms with Gasteiger partial charge in [0.1, 0.15) is 5.60 Å². The van der Waals surface area contributed by atoms with Gasteiger partial charge in [-0.3, -0.25) is 0 Å². The van der Waals surface area contributed by atoms with Gasteiger partial charge in [0.15, 0.2) is 0 Å². The summed E-state index contributed by atoms with van der Waals surface area (Å²) >= 11 is 0. The summed E-state index contributed by atoms with van der Waals surface area (Å²) in [6, 6.07) is 0. The molecule has 92 valence electrons. The molecule has 0 amide bonds. The van der Waals surface area contributed by atoms with E-state index in [0.717, 1.165) is 25.7 Å². The molecule has 16 heavy (non-hydrogen) atoms. The number of esters is 1. The molecule has 0 radical (unpaired) electrons. The van der Waals surface area contributed by atoms with Crippen molar-refractivity contribution in [2.75, 3.05) is 0 Å². The quantitative estimate of drug-likeness (QED) is 0.537. The highest BCUT2D eigenvalue weighted by Gasteiger charge is 2.48.